The molecule has 0 bridgehead atoms. The molecule has 0 spiro atoms. The van der Waals surface area contributed by atoms with Crippen LogP contribution in [0.25, 0.3) is 0 Å². The fourth-order valence-electron chi connectivity index (χ4n) is 2.66. The quantitative estimate of drug-likeness (QED) is 0.578. The average Bonchev–Trinajstić information content (AvgIpc) is 2.56. The number of amides is 1. The van der Waals surface area contributed by atoms with Gasteiger partial charge in [0.15, 0.2) is 0 Å². The van der Waals surface area contributed by atoms with Crippen LogP contribution in [0.3, 0.4) is 0 Å². The number of carbonyl (C=O) groups excluding carboxylic acids is 1. The van der Waals surface area contributed by atoms with Gasteiger partial charge in [0, 0.05) is 12.6 Å². The molecule has 74 valence electrons. The summed E-state index contributed by atoms with van der Waals surface area (Å²) in [4.78, 5) is 13.0. The molecule has 2 rings (SSSR count). The van der Waals surface area contributed by atoms with Gasteiger partial charge in [-0.15, -0.1) is 0 Å². The number of fused-ring (bicyclic) bond motifs is 1. The van der Waals surface area contributed by atoms with Gasteiger partial charge in [0.2, 0.25) is 5.91 Å². The van der Waals surface area contributed by atoms with Crippen molar-refractivity contribution in [1.82, 2.24) is 10.2 Å². The van der Waals surface area contributed by atoms with Crippen molar-refractivity contribution in [2.24, 2.45) is 17.6 Å². The molecule has 2 aliphatic rings. The second-order valence-electron chi connectivity index (χ2n) is 4.22. The zero-order valence-corrected chi connectivity index (χ0v) is 7.99. The van der Waals surface area contributed by atoms with Gasteiger partial charge in [0.25, 0.3) is 0 Å². The molecule has 0 aliphatic carbocycles. The van der Waals surface area contributed by atoms with Gasteiger partial charge in [-0.3, -0.25) is 9.69 Å². The molecule has 2 saturated heterocycles. The lowest BCUT2D eigenvalue weighted by Crippen LogP contribution is -2.39. The fourth-order valence-corrected chi connectivity index (χ4v) is 2.66. The van der Waals surface area contributed by atoms with Crippen LogP contribution in [0.2, 0.25) is 0 Å². The van der Waals surface area contributed by atoms with Crippen LogP contribution < -0.4 is 11.1 Å². The summed E-state index contributed by atoms with van der Waals surface area (Å²) in [5.41, 5.74) is 5.19. The van der Waals surface area contributed by atoms with Crippen LogP contribution in [0.4, 0.5) is 0 Å². The average molecular weight is 183 g/mol. The number of nitrogens with one attached hydrogen (secondary N) is 1. The summed E-state index contributed by atoms with van der Waals surface area (Å²) in [6.07, 6.45) is 0. The van der Waals surface area contributed by atoms with E-state index < -0.39 is 0 Å². The number of primary amides is 1. The van der Waals surface area contributed by atoms with E-state index in [0.29, 0.717) is 12.6 Å². The Balaban J connectivity index is 1.98. The van der Waals surface area contributed by atoms with Gasteiger partial charge in [-0.2, -0.15) is 0 Å². The van der Waals surface area contributed by atoms with E-state index >= 15 is 0 Å². The minimum atomic E-state index is -0.209. The van der Waals surface area contributed by atoms with Crippen LogP contribution in [0.1, 0.15) is 6.92 Å². The smallest absolute Gasteiger partial charge is 0.231 e. The first-order valence-corrected chi connectivity index (χ1v) is 4.91. The van der Waals surface area contributed by atoms with Crippen molar-refractivity contribution in [2.45, 2.75) is 13.0 Å². The molecule has 13 heavy (non-hydrogen) atoms. The first-order chi connectivity index (χ1) is 6.18. The molecule has 3 unspecified atom stereocenters. The molecule has 2 aliphatic heterocycles. The van der Waals surface area contributed by atoms with Gasteiger partial charge >= 0.3 is 0 Å². The van der Waals surface area contributed by atoms with Crippen molar-refractivity contribution in [3.8, 4) is 0 Å². The molecular formula is C9H17N3O. The fraction of sp³-hybridized carbons (Fsp3) is 0.889. The molecule has 4 heteroatoms. The summed E-state index contributed by atoms with van der Waals surface area (Å²) < 4.78 is 0. The lowest BCUT2D eigenvalue weighted by Gasteiger charge is -2.22. The predicted octanol–water partition coefficient (Wildman–Crippen LogP) is -0.989. The van der Waals surface area contributed by atoms with Crippen LogP contribution in [-0.2, 0) is 4.79 Å². The molecule has 0 aromatic heterocycles. The highest BCUT2D eigenvalue weighted by atomic mass is 16.1. The first-order valence-electron chi connectivity index (χ1n) is 4.91. The third kappa shape index (κ3) is 1.56. The van der Waals surface area contributed by atoms with Crippen LogP contribution in [0.15, 0.2) is 0 Å². The topological polar surface area (TPSA) is 58.4 Å². The maximum atomic E-state index is 10.8. The number of likely N-dealkylation sites (tertiary alicyclic amines) is 1. The monoisotopic (exact) mass is 183 g/mol. The van der Waals surface area contributed by atoms with Crippen LogP contribution >= 0.6 is 0 Å². The molecule has 3 N–H and O–H groups in total. The van der Waals surface area contributed by atoms with Crippen molar-refractivity contribution >= 4 is 5.91 Å². The molecule has 0 aromatic carbocycles. The Kier molecular flexibility index (Phi) is 2.26. The summed E-state index contributed by atoms with van der Waals surface area (Å²) in [6, 6.07) is 0.507. The lowest BCUT2D eigenvalue weighted by molar-refractivity contribution is -0.119. The van der Waals surface area contributed by atoms with Gasteiger partial charge in [0.05, 0.1) is 6.54 Å². The van der Waals surface area contributed by atoms with Gasteiger partial charge in [-0.05, 0) is 31.8 Å². The largest absolute Gasteiger partial charge is 0.369 e. The maximum Gasteiger partial charge on any atom is 0.231 e. The number of carbonyl (C=O) groups is 1. The summed E-state index contributed by atoms with van der Waals surface area (Å²) in [5.74, 6) is 1.24. The Morgan fingerprint density at radius 3 is 3.00 bits per heavy atom. The normalized spacial score (nSPS) is 39.3. The van der Waals surface area contributed by atoms with E-state index in [1.807, 2.05) is 0 Å². The highest BCUT2D eigenvalue weighted by Gasteiger charge is 2.41. The van der Waals surface area contributed by atoms with E-state index in [1.54, 1.807) is 0 Å². The highest BCUT2D eigenvalue weighted by molar-refractivity contribution is 5.76. The van der Waals surface area contributed by atoms with E-state index in [0.717, 1.165) is 31.5 Å². The molecule has 1 amide bonds. The number of nitrogens with two attached hydrogens (primary N) is 1. The lowest BCUT2D eigenvalue weighted by atomic mass is 9.95. The first kappa shape index (κ1) is 8.97. The highest BCUT2D eigenvalue weighted by Crippen LogP contribution is 2.31. The van der Waals surface area contributed by atoms with E-state index in [2.05, 4.69) is 17.1 Å². The SMILES string of the molecule is CC1C2CNCC2CN1CC(N)=O. The van der Waals surface area contributed by atoms with Crippen molar-refractivity contribution < 1.29 is 4.79 Å². The number of hydrogen-bond acceptors (Lipinski definition) is 3. The Bertz CT molecular complexity index is 219. The summed E-state index contributed by atoms with van der Waals surface area (Å²) in [7, 11) is 0. The molecule has 0 radical (unpaired) electrons. The molecule has 2 fully saturated rings. The van der Waals surface area contributed by atoms with E-state index in [-0.39, 0.29) is 5.91 Å². The third-order valence-electron chi connectivity index (χ3n) is 3.42. The number of rotatable bonds is 2. The van der Waals surface area contributed by atoms with Crippen molar-refractivity contribution in [3.63, 3.8) is 0 Å². The zero-order valence-electron chi connectivity index (χ0n) is 7.99. The van der Waals surface area contributed by atoms with Crippen LogP contribution in [0.5, 0.6) is 0 Å². The zero-order chi connectivity index (χ0) is 9.42. The van der Waals surface area contributed by atoms with Crippen LogP contribution in [-0.4, -0.2) is 43.0 Å². The Morgan fingerprint density at radius 1 is 1.62 bits per heavy atom. The molecule has 0 saturated carbocycles. The summed E-state index contributed by atoms with van der Waals surface area (Å²) in [6.45, 7) is 5.85. The minimum Gasteiger partial charge on any atom is -0.369 e. The van der Waals surface area contributed by atoms with E-state index in [1.165, 1.54) is 0 Å². The van der Waals surface area contributed by atoms with Gasteiger partial charge < -0.3 is 11.1 Å². The van der Waals surface area contributed by atoms with E-state index in [4.69, 9.17) is 5.73 Å². The number of hydrogen-bond donors (Lipinski definition) is 2. The molecule has 3 atom stereocenters. The van der Waals surface area contributed by atoms with Crippen molar-refractivity contribution in [3.05, 3.63) is 0 Å². The minimum absolute atomic E-state index is 0.209. The van der Waals surface area contributed by atoms with Crippen LogP contribution in [0, 0.1) is 11.8 Å². The van der Waals surface area contributed by atoms with Crippen molar-refractivity contribution in [2.75, 3.05) is 26.2 Å². The second kappa shape index (κ2) is 3.27. The molecule has 4 nitrogen and oxygen atoms in total. The second-order valence-corrected chi connectivity index (χ2v) is 4.22. The summed E-state index contributed by atoms with van der Waals surface area (Å²) >= 11 is 0. The molecule has 2 heterocycles. The molecular weight excluding hydrogens is 166 g/mol. The Labute approximate surface area is 78.5 Å². The maximum absolute atomic E-state index is 10.8. The van der Waals surface area contributed by atoms with Gasteiger partial charge in [-0.1, -0.05) is 0 Å². The summed E-state index contributed by atoms with van der Waals surface area (Å²) in [5, 5.41) is 3.39. The Hall–Kier alpha value is -0.610. The van der Waals surface area contributed by atoms with E-state index in [9.17, 15) is 4.79 Å². The Morgan fingerprint density at radius 2 is 2.38 bits per heavy atom. The predicted molar refractivity (Wildman–Crippen MR) is 50.1 cm³/mol. The third-order valence-corrected chi connectivity index (χ3v) is 3.42. The molecule has 0 aromatic rings. The van der Waals surface area contributed by atoms with Gasteiger partial charge in [-0.25, -0.2) is 0 Å². The van der Waals surface area contributed by atoms with Crippen molar-refractivity contribution in [1.29, 1.82) is 0 Å². The number of nitrogens with zero attached hydrogens (tertiary/aromatic N) is 1. The standard InChI is InChI=1S/C9H17N3O/c1-6-8-3-11-2-7(8)4-12(6)5-9(10)13/h6-8,11H,2-5H2,1H3,(H2,10,13). The van der Waals surface area contributed by atoms with Gasteiger partial charge in [0.1, 0.15) is 0 Å².